The van der Waals surface area contributed by atoms with Crippen LogP contribution in [0.1, 0.15) is 5.56 Å². The van der Waals surface area contributed by atoms with Crippen LogP contribution in [-0.4, -0.2) is 27.4 Å². The number of carbonyl (C=O) groups excluding carboxylic acids is 1. The molecule has 7 heteroatoms. The Labute approximate surface area is 172 Å². The molecule has 4 aromatic rings. The Hall–Kier alpha value is -3.64. The quantitative estimate of drug-likeness (QED) is 0.489. The summed E-state index contributed by atoms with van der Waals surface area (Å²) in [4.78, 5) is 21.1. The average molecular weight is 405 g/mol. The first-order valence-electron chi connectivity index (χ1n) is 8.85. The molecular formula is C22H17ClN4O2. The molecular weight excluding hydrogens is 388 g/mol. The summed E-state index contributed by atoms with van der Waals surface area (Å²) in [5.74, 6) is 0.894. The van der Waals surface area contributed by atoms with Crippen molar-refractivity contribution in [2.24, 2.45) is 0 Å². The number of fused-ring (bicyclic) bond motifs is 1. The fourth-order valence-corrected chi connectivity index (χ4v) is 2.98. The largest absolute Gasteiger partial charge is 0.495 e. The molecule has 0 atom stereocenters. The second-order valence-electron chi connectivity index (χ2n) is 6.24. The third-order valence-electron chi connectivity index (χ3n) is 4.29. The molecule has 0 saturated heterocycles. The van der Waals surface area contributed by atoms with Crippen molar-refractivity contribution in [1.29, 1.82) is 0 Å². The molecule has 1 N–H and O–H groups in total. The van der Waals surface area contributed by atoms with Crippen molar-refractivity contribution in [3.05, 3.63) is 83.8 Å². The number of benzene rings is 2. The fourth-order valence-electron chi connectivity index (χ4n) is 2.85. The van der Waals surface area contributed by atoms with Crippen molar-refractivity contribution in [3.8, 4) is 17.0 Å². The van der Waals surface area contributed by atoms with Crippen LogP contribution in [0.15, 0.2) is 73.2 Å². The summed E-state index contributed by atoms with van der Waals surface area (Å²) in [6.07, 6.45) is 8.64. The number of nitrogens with one attached hydrogen (secondary N) is 1. The standard InChI is InChI=1S/C22H17ClN4O2/c1-29-20-9-6-16(19-14-27-12-2-11-24-22(27)26-19)13-18(20)25-21(28)10-5-15-3-7-17(23)8-4-15/h2-14H,1H3,(H,25,28)/b10-5+. The summed E-state index contributed by atoms with van der Waals surface area (Å²) in [5, 5.41) is 3.51. The van der Waals surface area contributed by atoms with Crippen LogP contribution in [0.4, 0.5) is 5.69 Å². The monoisotopic (exact) mass is 404 g/mol. The lowest BCUT2D eigenvalue weighted by molar-refractivity contribution is -0.111. The molecule has 0 fully saturated rings. The third-order valence-corrected chi connectivity index (χ3v) is 4.54. The van der Waals surface area contributed by atoms with Crippen molar-refractivity contribution in [1.82, 2.24) is 14.4 Å². The molecule has 29 heavy (non-hydrogen) atoms. The molecule has 2 aromatic heterocycles. The first kappa shape index (κ1) is 18.7. The van der Waals surface area contributed by atoms with E-state index in [1.54, 1.807) is 37.6 Å². The van der Waals surface area contributed by atoms with E-state index in [-0.39, 0.29) is 5.91 Å². The molecule has 4 rings (SSSR count). The van der Waals surface area contributed by atoms with E-state index in [1.807, 2.05) is 47.1 Å². The minimum atomic E-state index is -0.271. The molecule has 1 amide bonds. The lowest BCUT2D eigenvalue weighted by Crippen LogP contribution is -2.09. The predicted octanol–water partition coefficient (Wildman–Crippen LogP) is 4.71. The second kappa shape index (κ2) is 8.16. The number of nitrogens with zero attached hydrogens (tertiary/aromatic N) is 3. The van der Waals surface area contributed by atoms with E-state index >= 15 is 0 Å². The maximum Gasteiger partial charge on any atom is 0.248 e. The van der Waals surface area contributed by atoms with Crippen molar-refractivity contribution >= 4 is 35.0 Å². The van der Waals surface area contributed by atoms with Crippen molar-refractivity contribution < 1.29 is 9.53 Å². The van der Waals surface area contributed by atoms with Gasteiger partial charge in [-0.3, -0.25) is 9.20 Å². The summed E-state index contributed by atoms with van der Waals surface area (Å²) in [7, 11) is 1.56. The molecule has 0 aliphatic carbocycles. The van der Waals surface area contributed by atoms with Crippen LogP contribution in [0.25, 0.3) is 23.1 Å². The molecule has 144 valence electrons. The van der Waals surface area contributed by atoms with Gasteiger partial charge in [0.05, 0.1) is 18.5 Å². The number of ether oxygens (including phenoxy) is 1. The Kier molecular flexibility index (Phi) is 5.27. The van der Waals surface area contributed by atoms with Crippen molar-refractivity contribution in [2.75, 3.05) is 12.4 Å². The normalized spacial score (nSPS) is 11.1. The number of carbonyl (C=O) groups is 1. The van der Waals surface area contributed by atoms with Gasteiger partial charge in [0.2, 0.25) is 11.7 Å². The van der Waals surface area contributed by atoms with Crippen LogP contribution in [-0.2, 0) is 4.79 Å². The number of imidazole rings is 1. The number of hydrogen-bond donors (Lipinski definition) is 1. The Morgan fingerprint density at radius 2 is 2.03 bits per heavy atom. The van der Waals surface area contributed by atoms with Crippen molar-refractivity contribution in [3.63, 3.8) is 0 Å². The van der Waals surface area contributed by atoms with Gasteiger partial charge in [-0.25, -0.2) is 9.97 Å². The Bertz CT molecular complexity index is 1170. The number of amides is 1. The van der Waals surface area contributed by atoms with Crippen LogP contribution in [0.2, 0.25) is 5.02 Å². The van der Waals surface area contributed by atoms with E-state index in [0.29, 0.717) is 22.2 Å². The van der Waals surface area contributed by atoms with Gasteiger partial charge < -0.3 is 10.1 Å². The Morgan fingerprint density at radius 1 is 1.21 bits per heavy atom. The highest BCUT2D eigenvalue weighted by Crippen LogP contribution is 2.30. The van der Waals surface area contributed by atoms with Gasteiger partial charge in [-0.05, 0) is 48.0 Å². The lowest BCUT2D eigenvalue weighted by atomic mass is 10.1. The van der Waals surface area contributed by atoms with E-state index < -0.39 is 0 Å². The number of hydrogen-bond acceptors (Lipinski definition) is 4. The molecule has 2 aromatic carbocycles. The van der Waals surface area contributed by atoms with Crippen LogP contribution in [0, 0.1) is 0 Å². The maximum atomic E-state index is 12.4. The number of methoxy groups -OCH3 is 1. The smallest absolute Gasteiger partial charge is 0.248 e. The van der Waals surface area contributed by atoms with Crippen LogP contribution in [0.3, 0.4) is 0 Å². The Morgan fingerprint density at radius 3 is 2.79 bits per heavy atom. The topological polar surface area (TPSA) is 68.5 Å². The van der Waals surface area contributed by atoms with E-state index in [9.17, 15) is 4.79 Å². The Balaban J connectivity index is 1.58. The summed E-state index contributed by atoms with van der Waals surface area (Å²) >= 11 is 5.88. The highest BCUT2D eigenvalue weighted by Gasteiger charge is 2.11. The maximum absolute atomic E-state index is 12.4. The van der Waals surface area contributed by atoms with Gasteiger partial charge in [0.15, 0.2) is 0 Å². The van der Waals surface area contributed by atoms with Gasteiger partial charge in [0.1, 0.15) is 5.75 Å². The zero-order valence-corrected chi connectivity index (χ0v) is 16.3. The minimum Gasteiger partial charge on any atom is -0.495 e. The fraction of sp³-hybridized carbons (Fsp3) is 0.0455. The molecule has 0 bridgehead atoms. The van der Waals surface area contributed by atoms with Crippen molar-refractivity contribution in [2.45, 2.75) is 0 Å². The average Bonchev–Trinajstić information content (AvgIpc) is 3.17. The third kappa shape index (κ3) is 4.28. The highest BCUT2D eigenvalue weighted by molar-refractivity contribution is 6.30. The lowest BCUT2D eigenvalue weighted by Gasteiger charge is -2.10. The molecule has 0 spiro atoms. The van der Waals surface area contributed by atoms with Crippen LogP contribution >= 0.6 is 11.6 Å². The summed E-state index contributed by atoms with van der Waals surface area (Å²) < 4.78 is 7.22. The molecule has 6 nitrogen and oxygen atoms in total. The number of anilines is 1. The summed E-state index contributed by atoms with van der Waals surface area (Å²) in [6.45, 7) is 0. The first-order valence-corrected chi connectivity index (χ1v) is 9.23. The zero-order chi connectivity index (χ0) is 20.2. The molecule has 0 aliphatic rings. The second-order valence-corrected chi connectivity index (χ2v) is 6.68. The highest BCUT2D eigenvalue weighted by atomic mass is 35.5. The number of rotatable bonds is 5. The van der Waals surface area contributed by atoms with E-state index in [0.717, 1.165) is 16.8 Å². The predicted molar refractivity (Wildman–Crippen MR) is 114 cm³/mol. The molecule has 0 aliphatic heterocycles. The molecule has 0 saturated carbocycles. The summed E-state index contributed by atoms with van der Waals surface area (Å²) in [6, 6.07) is 14.6. The zero-order valence-electron chi connectivity index (χ0n) is 15.5. The SMILES string of the molecule is COc1ccc(-c2cn3cccnc3n2)cc1NC(=O)/C=C/c1ccc(Cl)cc1. The van der Waals surface area contributed by atoms with Crippen LogP contribution in [0.5, 0.6) is 5.75 Å². The van der Waals surface area contributed by atoms with Gasteiger partial charge in [0, 0.05) is 35.3 Å². The first-order chi connectivity index (χ1) is 14.1. The van der Waals surface area contributed by atoms with Gasteiger partial charge in [-0.1, -0.05) is 23.7 Å². The van der Waals surface area contributed by atoms with Gasteiger partial charge >= 0.3 is 0 Å². The summed E-state index contributed by atoms with van der Waals surface area (Å²) in [5.41, 5.74) is 3.02. The van der Waals surface area contributed by atoms with Gasteiger partial charge in [-0.2, -0.15) is 0 Å². The molecule has 2 heterocycles. The molecule has 0 unspecified atom stereocenters. The van der Waals surface area contributed by atoms with E-state index in [2.05, 4.69) is 15.3 Å². The van der Waals surface area contributed by atoms with Crippen LogP contribution < -0.4 is 10.1 Å². The minimum absolute atomic E-state index is 0.271. The van der Waals surface area contributed by atoms with E-state index in [4.69, 9.17) is 16.3 Å². The number of aromatic nitrogens is 3. The van der Waals surface area contributed by atoms with Gasteiger partial charge in [-0.15, -0.1) is 0 Å². The van der Waals surface area contributed by atoms with E-state index in [1.165, 1.54) is 6.08 Å². The van der Waals surface area contributed by atoms with Gasteiger partial charge in [0.25, 0.3) is 0 Å². The number of halogens is 1. The molecule has 0 radical (unpaired) electrons.